The van der Waals surface area contributed by atoms with Crippen molar-refractivity contribution in [3.8, 4) is 18.1 Å². The predicted octanol–water partition coefficient (Wildman–Crippen LogP) is 2.10. The molecular formula is C11H11ClO2. The number of terminal acetylenes is 1. The summed E-state index contributed by atoms with van der Waals surface area (Å²) in [6.07, 6.45) is 4.72. The highest BCUT2D eigenvalue weighted by Gasteiger charge is 2.02. The van der Waals surface area contributed by atoms with E-state index in [9.17, 15) is 5.11 Å². The quantitative estimate of drug-likeness (QED) is 0.772. The van der Waals surface area contributed by atoms with Crippen LogP contribution in [0, 0.1) is 12.3 Å². The summed E-state index contributed by atoms with van der Waals surface area (Å²) in [7, 11) is 0. The van der Waals surface area contributed by atoms with Crippen LogP contribution in [-0.4, -0.2) is 17.8 Å². The van der Waals surface area contributed by atoms with Crippen LogP contribution in [0.1, 0.15) is 6.42 Å². The largest absolute Gasteiger partial charge is 0.491 e. The van der Waals surface area contributed by atoms with Gasteiger partial charge in [-0.05, 0) is 24.3 Å². The molecule has 0 bridgehead atoms. The summed E-state index contributed by atoms with van der Waals surface area (Å²) in [5, 5.41) is 9.93. The van der Waals surface area contributed by atoms with Crippen LogP contribution < -0.4 is 4.74 Å². The SMILES string of the molecule is C#CCC(O)COc1ccc(Cl)cc1. The molecule has 1 unspecified atom stereocenters. The first kappa shape index (κ1) is 10.9. The summed E-state index contributed by atoms with van der Waals surface area (Å²) >= 11 is 5.69. The molecule has 0 amide bonds. The van der Waals surface area contributed by atoms with Crippen molar-refractivity contribution in [2.75, 3.05) is 6.61 Å². The van der Waals surface area contributed by atoms with Gasteiger partial charge in [0.1, 0.15) is 12.4 Å². The smallest absolute Gasteiger partial charge is 0.119 e. The molecular weight excluding hydrogens is 200 g/mol. The minimum absolute atomic E-state index is 0.200. The summed E-state index contributed by atoms with van der Waals surface area (Å²) < 4.78 is 5.27. The predicted molar refractivity (Wildman–Crippen MR) is 56.4 cm³/mol. The van der Waals surface area contributed by atoms with E-state index < -0.39 is 6.10 Å². The first-order valence-corrected chi connectivity index (χ1v) is 4.60. The standard InChI is InChI=1S/C11H11ClO2/c1-2-3-10(13)8-14-11-6-4-9(12)5-7-11/h1,4-7,10,13H,3,8H2. The molecule has 1 aromatic carbocycles. The second-order valence-electron chi connectivity index (χ2n) is 2.83. The van der Waals surface area contributed by atoms with Gasteiger partial charge in [-0.15, -0.1) is 12.3 Å². The minimum atomic E-state index is -0.615. The third-order valence-electron chi connectivity index (χ3n) is 1.61. The molecule has 1 atom stereocenters. The molecule has 1 N–H and O–H groups in total. The Morgan fingerprint density at radius 1 is 1.43 bits per heavy atom. The zero-order valence-corrected chi connectivity index (χ0v) is 8.37. The van der Waals surface area contributed by atoms with E-state index in [0.717, 1.165) is 0 Å². The molecule has 14 heavy (non-hydrogen) atoms. The lowest BCUT2D eigenvalue weighted by molar-refractivity contribution is 0.111. The van der Waals surface area contributed by atoms with Crippen molar-refractivity contribution < 1.29 is 9.84 Å². The Labute approximate surface area is 88.5 Å². The number of benzene rings is 1. The molecule has 1 aromatic rings. The van der Waals surface area contributed by atoms with E-state index in [1.54, 1.807) is 24.3 Å². The number of ether oxygens (including phenoxy) is 1. The molecule has 0 saturated carbocycles. The maximum Gasteiger partial charge on any atom is 0.119 e. The minimum Gasteiger partial charge on any atom is -0.491 e. The molecule has 0 heterocycles. The van der Waals surface area contributed by atoms with Crippen molar-refractivity contribution in [1.29, 1.82) is 0 Å². The fraction of sp³-hybridized carbons (Fsp3) is 0.273. The Hall–Kier alpha value is -1.17. The highest BCUT2D eigenvalue weighted by Crippen LogP contribution is 2.15. The van der Waals surface area contributed by atoms with Gasteiger partial charge in [-0.2, -0.15) is 0 Å². The first-order valence-electron chi connectivity index (χ1n) is 4.22. The number of aliphatic hydroxyl groups is 1. The fourth-order valence-electron chi connectivity index (χ4n) is 0.918. The van der Waals surface area contributed by atoms with E-state index in [1.165, 1.54) is 0 Å². The van der Waals surface area contributed by atoms with Gasteiger partial charge < -0.3 is 9.84 Å². The van der Waals surface area contributed by atoms with E-state index in [0.29, 0.717) is 17.2 Å². The maximum absolute atomic E-state index is 9.27. The number of hydrogen-bond acceptors (Lipinski definition) is 2. The molecule has 2 nitrogen and oxygen atoms in total. The van der Waals surface area contributed by atoms with Crippen LogP contribution in [0.15, 0.2) is 24.3 Å². The Balaban J connectivity index is 2.39. The molecule has 0 aliphatic rings. The Kier molecular flexibility index (Phi) is 4.31. The number of hydrogen-bond donors (Lipinski definition) is 1. The van der Waals surface area contributed by atoms with Gasteiger partial charge in [0.05, 0.1) is 6.10 Å². The lowest BCUT2D eigenvalue weighted by Crippen LogP contribution is -2.16. The summed E-state index contributed by atoms with van der Waals surface area (Å²) in [5.74, 6) is 3.03. The van der Waals surface area contributed by atoms with Crippen LogP contribution >= 0.6 is 11.6 Å². The van der Waals surface area contributed by atoms with Crippen LogP contribution in [0.4, 0.5) is 0 Å². The summed E-state index contributed by atoms with van der Waals surface area (Å²) in [6.45, 7) is 0.200. The number of halogens is 1. The van der Waals surface area contributed by atoms with Gasteiger partial charge in [0.15, 0.2) is 0 Å². The second kappa shape index (κ2) is 5.54. The molecule has 0 aromatic heterocycles. The van der Waals surface area contributed by atoms with E-state index in [4.69, 9.17) is 22.8 Å². The molecule has 74 valence electrons. The zero-order chi connectivity index (χ0) is 10.4. The fourth-order valence-corrected chi connectivity index (χ4v) is 1.04. The van der Waals surface area contributed by atoms with Crippen LogP contribution in [0.3, 0.4) is 0 Å². The van der Waals surface area contributed by atoms with Crippen molar-refractivity contribution in [3.63, 3.8) is 0 Å². The molecule has 0 aliphatic carbocycles. The van der Waals surface area contributed by atoms with Crippen LogP contribution in [-0.2, 0) is 0 Å². The monoisotopic (exact) mass is 210 g/mol. The first-order chi connectivity index (χ1) is 6.72. The molecule has 0 spiro atoms. The average Bonchev–Trinajstić information content (AvgIpc) is 2.17. The third kappa shape index (κ3) is 3.69. The molecule has 3 heteroatoms. The second-order valence-corrected chi connectivity index (χ2v) is 3.26. The van der Waals surface area contributed by atoms with Crippen molar-refractivity contribution in [2.24, 2.45) is 0 Å². The molecule has 0 radical (unpaired) electrons. The Bertz CT molecular complexity index is 313. The Morgan fingerprint density at radius 3 is 2.64 bits per heavy atom. The Morgan fingerprint density at radius 2 is 2.07 bits per heavy atom. The van der Waals surface area contributed by atoms with E-state index in [1.807, 2.05) is 0 Å². The van der Waals surface area contributed by atoms with Gasteiger partial charge in [-0.25, -0.2) is 0 Å². The van der Waals surface area contributed by atoms with Gasteiger partial charge in [-0.3, -0.25) is 0 Å². The molecule has 0 fully saturated rings. The average molecular weight is 211 g/mol. The molecule has 1 rings (SSSR count). The van der Waals surface area contributed by atoms with Crippen molar-refractivity contribution in [2.45, 2.75) is 12.5 Å². The highest BCUT2D eigenvalue weighted by molar-refractivity contribution is 6.30. The number of rotatable bonds is 4. The lowest BCUT2D eigenvalue weighted by atomic mass is 10.3. The van der Waals surface area contributed by atoms with Gasteiger partial charge >= 0.3 is 0 Å². The van der Waals surface area contributed by atoms with Crippen molar-refractivity contribution in [1.82, 2.24) is 0 Å². The lowest BCUT2D eigenvalue weighted by Gasteiger charge is -2.09. The highest BCUT2D eigenvalue weighted by atomic mass is 35.5. The number of aliphatic hydroxyl groups excluding tert-OH is 1. The van der Waals surface area contributed by atoms with Crippen molar-refractivity contribution >= 4 is 11.6 Å². The van der Waals surface area contributed by atoms with E-state index in [2.05, 4.69) is 5.92 Å². The molecule has 0 aliphatic heterocycles. The van der Waals surface area contributed by atoms with Gasteiger partial charge in [0.2, 0.25) is 0 Å². The van der Waals surface area contributed by atoms with E-state index in [-0.39, 0.29) is 6.61 Å². The topological polar surface area (TPSA) is 29.5 Å². The van der Waals surface area contributed by atoms with Crippen LogP contribution in [0.2, 0.25) is 5.02 Å². The van der Waals surface area contributed by atoms with Gasteiger partial charge in [0.25, 0.3) is 0 Å². The summed E-state index contributed by atoms with van der Waals surface area (Å²) in [4.78, 5) is 0. The zero-order valence-electron chi connectivity index (χ0n) is 7.61. The van der Waals surface area contributed by atoms with Crippen LogP contribution in [0.25, 0.3) is 0 Å². The maximum atomic E-state index is 9.27. The van der Waals surface area contributed by atoms with Gasteiger partial charge in [-0.1, -0.05) is 11.6 Å². The normalized spacial score (nSPS) is 11.8. The van der Waals surface area contributed by atoms with Crippen LogP contribution in [0.5, 0.6) is 5.75 Å². The van der Waals surface area contributed by atoms with E-state index >= 15 is 0 Å². The van der Waals surface area contributed by atoms with Crippen molar-refractivity contribution in [3.05, 3.63) is 29.3 Å². The van der Waals surface area contributed by atoms with Gasteiger partial charge in [0, 0.05) is 11.4 Å². The summed E-state index contributed by atoms with van der Waals surface area (Å²) in [5.41, 5.74) is 0. The summed E-state index contributed by atoms with van der Waals surface area (Å²) in [6, 6.07) is 6.94. The molecule has 0 saturated heterocycles. The third-order valence-corrected chi connectivity index (χ3v) is 1.86.